The molecule has 0 bridgehead atoms. The fourth-order valence-electron chi connectivity index (χ4n) is 2.13. The Bertz CT molecular complexity index is 825. The maximum absolute atomic E-state index is 12.9. The number of carbonyl (C=O) groups excluding carboxylic acids is 1. The number of sulfonamides is 1. The number of thiophene rings is 1. The van der Waals surface area contributed by atoms with E-state index in [1.165, 1.54) is 14.0 Å². The summed E-state index contributed by atoms with van der Waals surface area (Å²) in [6, 6.07) is -0.293. The lowest BCUT2D eigenvalue weighted by atomic mass is 10.3. The van der Waals surface area contributed by atoms with E-state index in [4.69, 9.17) is 11.6 Å². The number of esters is 1. The number of halogens is 1. The Morgan fingerprint density at radius 2 is 1.96 bits per heavy atom. The fourth-order valence-corrected chi connectivity index (χ4v) is 6.95. The predicted molar refractivity (Wildman–Crippen MR) is 86.0 cm³/mol. The van der Waals surface area contributed by atoms with Crippen molar-refractivity contribution in [2.45, 2.75) is 41.0 Å². The van der Waals surface area contributed by atoms with Gasteiger partial charge in [0.1, 0.15) is 19.5 Å². The van der Waals surface area contributed by atoms with Gasteiger partial charge in [0.05, 0.1) is 7.11 Å². The van der Waals surface area contributed by atoms with Crippen LogP contribution in [0.15, 0.2) is 15.2 Å². The lowest BCUT2D eigenvalue weighted by Crippen LogP contribution is -2.45. The van der Waals surface area contributed by atoms with Crippen molar-refractivity contribution in [1.29, 1.82) is 0 Å². The van der Waals surface area contributed by atoms with E-state index in [-0.39, 0.29) is 19.5 Å². The van der Waals surface area contributed by atoms with Crippen LogP contribution in [0.25, 0.3) is 0 Å². The summed E-state index contributed by atoms with van der Waals surface area (Å²) in [6.07, 6.45) is 2.23. The molecular formula is C12H16ClNO6S3. The molecule has 1 aromatic rings. The van der Waals surface area contributed by atoms with Crippen LogP contribution in [0.1, 0.15) is 19.8 Å². The van der Waals surface area contributed by atoms with Crippen molar-refractivity contribution in [2.75, 3.05) is 13.4 Å². The summed E-state index contributed by atoms with van der Waals surface area (Å²) >= 11 is 6.63. The molecule has 1 aliphatic carbocycles. The van der Waals surface area contributed by atoms with Crippen LogP contribution in [0.5, 0.6) is 0 Å². The van der Waals surface area contributed by atoms with Gasteiger partial charge >= 0.3 is 5.97 Å². The molecule has 0 radical (unpaired) electrons. The molecule has 23 heavy (non-hydrogen) atoms. The van der Waals surface area contributed by atoms with Crippen molar-refractivity contribution in [2.24, 2.45) is 0 Å². The smallest absolute Gasteiger partial charge is 0.323 e. The van der Waals surface area contributed by atoms with Crippen molar-refractivity contribution in [3.05, 3.63) is 10.4 Å². The number of ether oxygens (including phenoxy) is 1. The zero-order chi connectivity index (χ0) is 17.6. The van der Waals surface area contributed by atoms with Gasteiger partial charge in [0, 0.05) is 12.3 Å². The Morgan fingerprint density at radius 3 is 2.35 bits per heavy atom. The molecule has 0 N–H and O–H groups in total. The van der Waals surface area contributed by atoms with Gasteiger partial charge in [-0.15, -0.1) is 11.3 Å². The van der Waals surface area contributed by atoms with E-state index in [2.05, 4.69) is 4.74 Å². The van der Waals surface area contributed by atoms with Gasteiger partial charge in [-0.2, -0.15) is 4.31 Å². The first-order valence-corrected chi connectivity index (χ1v) is 11.1. The van der Waals surface area contributed by atoms with Crippen LogP contribution in [0.4, 0.5) is 0 Å². The van der Waals surface area contributed by atoms with Crippen LogP contribution in [0.3, 0.4) is 0 Å². The minimum atomic E-state index is -4.12. The number of rotatable bonds is 6. The summed E-state index contributed by atoms with van der Waals surface area (Å²) in [5.41, 5.74) is 0. The molecule has 1 aliphatic rings. The Morgan fingerprint density at radius 1 is 1.39 bits per heavy atom. The van der Waals surface area contributed by atoms with Gasteiger partial charge in [0.2, 0.25) is 10.0 Å². The summed E-state index contributed by atoms with van der Waals surface area (Å²) < 4.78 is 54.4. The lowest BCUT2D eigenvalue weighted by molar-refractivity contribution is -0.144. The number of nitrogens with zero attached hydrogens (tertiary/aromatic N) is 1. The number of carbonyl (C=O) groups is 1. The molecule has 0 aromatic carbocycles. The highest BCUT2D eigenvalue weighted by atomic mass is 35.5. The molecule has 0 unspecified atom stereocenters. The van der Waals surface area contributed by atoms with E-state index in [0.717, 1.165) is 16.6 Å². The van der Waals surface area contributed by atoms with Gasteiger partial charge < -0.3 is 4.74 Å². The van der Waals surface area contributed by atoms with E-state index in [1.54, 1.807) is 0 Å². The number of hydrogen-bond donors (Lipinski definition) is 0. The largest absolute Gasteiger partial charge is 0.468 e. The predicted octanol–water partition coefficient (Wildman–Crippen LogP) is 1.52. The van der Waals surface area contributed by atoms with E-state index >= 15 is 0 Å². The zero-order valence-corrected chi connectivity index (χ0v) is 15.9. The Labute approximate surface area is 144 Å². The standard InChI is InChI=1S/C12H16ClNO6S3/c1-7(12(15)20-2)14(8-4-5-8)23(18,19)9-6-10(21-11(9)13)22(3,16)17/h6-8H,4-5H2,1-3H3/t7-/m1/s1. The maximum atomic E-state index is 12.9. The Balaban J connectivity index is 2.51. The van der Waals surface area contributed by atoms with Crippen LogP contribution < -0.4 is 0 Å². The first kappa shape index (κ1) is 18.7. The molecule has 11 heteroatoms. The van der Waals surface area contributed by atoms with E-state index in [9.17, 15) is 21.6 Å². The van der Waals surface area contributed by atoms with Gasteiger partial charge in [-0.1, -0.05) is 11.6 Å². The molecule has 1 fully saturated rings. The minimum absolute atomic E-state index is 0.137. The van der Waals surface area contributed by atoms with Crippen molar-refractivity contribution in [3.8, 4) is 0 Å². The molecule has 0 spiro atoms. The fraction of sp³-hybridized carbons (Fsp3) is 0.583. The van der Waals surface area contributed by atoms with Crippen LogP contribution in [-0.2, 0) is 29.4 Å². The second kappa shape index (κ2) is 6.32. The molecule has 1 heterocycles. The molecule has 1 aromatic heterocycles. The van der Waals surface area contributed by atoms with Crippen LogP contribution >= 0.6 is 22.9 Å². The first-order chi connectivity index (χ1) is 10.5. The van der Waals surface area contributed by atoms with Crippen molar-refractivity contribution < 1.29 is 26.4 Å². The van der Waals surface area contributed by atoms with Gasteiger partial charge in [0.15, 0.2) is 9.84 Å². The van der Waals surface area contributed by atoms with Crippen LogP contribution in [-0.4, -0.2) is 52.6 Å². The third-order valence-electron chi connectivity index (χ3n) is 3.38. The first-order valence-electron chi connectivity index (χ1n) is 6.61. The summed E-state index contributed by atoms with van der Waals surface area (Å²) in [5, 5.41) is 0. The number of sulfone groups is 1. The molecule has 0 saturated heterocycles. The Kier molecular flexibility index (Phi) is 5.13. The average Bonchev–Trinajstić information content (AvgIpc) is 3.16. The molecule has 1 saturated carbocycles. The topological polar surface area (TPSA) is 97.8 Å². The van der Waals surface area contributed by atoms with Gasteiger partial charge in [-0.3, -0.25) is 4.79 Å². The van der Waals surface area contributed by atoms with Crippen molar-refractivity contribution in [1.82, 2.24) is 4.31 Å². The summed E-state index contributed by atoms with van der Waals surface area (Å²) in [4.78, 5) is 11.5. The van der Waals surface area contributed by atoms with E-state index in [1.807, 2.05) is 0 Å². The highest BCUT2D eigenvalue weighted by Crippen LogP contribution is 2.40. The van der Waals surface area contributed by atoms with Crippen LogP contribution in [0, 0.1) is 0 Å². The SMILES string of the molecule is COC(=O)[C@@H](C)N(C1CC1)S(=O)(=O)c1cc(S(C)(=O)=O)sc1Cl. The number of methoxy groups -OCH3 is 1. The third-order valence-corrected chi connectivity index (χ3v) is 8.83. The second-order valence-electron chi connectivity index (χ2n) is 5.24. The van der Waals surface area contributed by atoms with Crippen molar-refractivity contribution in [3.63, 3.8) is 0 Å². The van der Waals surface area contributed by atoms with Crippen molar-refractivity contribution >= 4 is 48.8 Å². The normalized spacial score (nSPS) is 17.3. The highest BCUT2D eigenvalue weighted by molar-refractivity contribution is 7.93. The second-order valence-corrected chi connectivity index (χ2v) is 10.9. The maximum Gasteiger partial charge on any atom is 0.323 e. The summed E-state index contributed by atoms with van der Waals surface area (Å²) in [6.45, 7) is 1.43. The molecule has 130 valence electrons. The van der Waals surface area contributed by atoms with Gasteiger partial charge in [-0.05, 0) is 25.8 Å². The van der Waals surface area contributed by atoms with Gasteiger partial charge in [-0.25, -0.2) is 16.8 Å². The van der Waals surface area contributed by atoms with Gasteiger partial charge in [0.25, 0.3) is 0 Å². The zero-order valence-electron chi connectivity index (χ0n) is 12.6. The van der Waals surface area contributed by atoms with Crippen LogP contribution in [0.2, 0.25) is 4.34 Å². The average molecular weight is 402 g/mol. The third kappa shape index (κ3) is 3.71. The lowest BCUT2D eigenvalue weighted by Gasteiger charge is -2.26. The molecule has 7 nitrogen and oxygen atoms in total. The Hall–Kier alpha value is -0.680. The van der Waals surface area contributed by atoms with E-state index in [0.29, 0.717) is 24.2 Å². The summed E-state index contributed by atoms with van der Waals surface area (Å²) in [5.74, 6) is -0.685. The minimum Gasteiger partial charge on any atom is -0.468 e. The quantitative estimate of drug-likeness (QED) is 0.670. The molecule has 2 rings (SSSR count). The highest BCUT2D eigenvalue weighted by Gasteiger charge is 2.45. The molecule has 1 atom stereocenters. The molecule has 0 amide bonds. The monoisotopic (exact) mass is 401 g/mol. The van der Waals surface area contributed by atoms with E-state index < -0.39 is 31.9 Å². The molecule has 0 aliphatic heterocycles. The number of hydrogen-bond acceptors (Lipinski definition) is 7. The summed E-state index contributed by atoms with van der Waals surface area (Å²) in [7, 11) is -6.52. The molecular weight excluding hydrogens is 386 g/mol.